The fourth-order valence-corrected chi connectivity index (χ4v) is 3.34. The van der Waals surface area contributed by atoms with Crippen molar-refractivity contribution in [3.05, 3.63) is 16.2 Å². The average Bonchev–Trinajstić information content (AvgIpc) is 2.71. The van der Waals surface area contributed by atoms with E-state index in [2.05, 4.69) is 20.2 Å². The number of Topliss-reactive ketones (excluding diaryl/α,β-unsaturated/α-hetero) is 1. The van der Waals surface area contributed by atoms with E-state index in [1.807, 2.05) is 6.92 Å². The van der Waals surface area contributed by atoms with Gasteiger partial charge in [0.25, 0.3) is 0 Å². The molecule has 0 bridgehead atoms. The van der Waals surface area contributed by atoms with Gasteiger partial charge in [-0.1, -0.05) is 0 Å². The van der Waals surface area contributed by atoms with Crippen molar-refractivity contribution in [1.29, 1.82) is 0 Å². The third-order valence-electron chi connectivity index (χ3n) is 3.17. The molecule has 4 nitrogen and oxygen atoms in total. The van der Waals surface area contributed by atoms with Gasteiger partial charge in [0.2, 0.25) is 5.28 Å². The van der Waals surface area contributed by atoms with E-state index in [0.29, 0.717) is 18.6 Å². The van der Waals surface area contributed by atoms with E-state index in [1.54, 1.807) is 11.3 Å². The van der Waals surface area contributed by atoms with Gasteiger partial charge < -0.3 is 4.90 Å². The van der Waals surface area contributed by atoms with Gasteiger partial charge in [0.15, 0.2) is 5.82 Å². The Balaban J connectivity index is 2.08. The smallest absolute Gasteiger partial charge is 0.224 e. The molecule has 0 aromatic carbocycles. The molecule has 0 amide bonds. The molecule has 18 heavy (non-hydrogen) atoms. The zero-order valence-corrected chi connectivity index (χ0v) is 11.5. The minimum Gasteiger partial charge on any atom is -0.354 e. The summed E-state index contributed by atoms with van der Waals surface area (Å²) in [5.41, 5.74) is 2.04. The van der Waals surface area contributed by atoms with Gasteiger partial charge in [-0.05, 0) is 29.5 Å². The van der Waals surface area contributed by atoms with Gasteiger partial charge in [-0.2, -0.15) is 4.98 Å². The predicted octanol–water partition coefficient (Wildman–Crippen LogP) is 2.82. The molecule has 94 valence electrons. The molecular weight excluding hydrogens is 270 g/mol. The maximum atomic E-state index is 11.3. The van der Waals surface area contributed by atoms with Crippen LogP contribution in [0.15, 0.2) is 5.38 Å². The Bertz CT molecular complexity index is 615. The number of hydrogen-bond donors (Lipinski definition) is 0. The molecule has 3 rings (SSSR count). The molecule has 6 heteroatoms. The van der Waals surface area contributed by atoms with Crippen LogP contribution in [0, 0.1) is 6.92 Å². The van der Waals surface area contributed by atoms with E-state index >= 15 is 0 Å². The SMILES string of the molecule is Cc1csc2c(N3CCC(=O)CC3)nc(Cl)nc12. The largest absolute Gasteiger partial charge is 0.354 e. The third-order valence-corrected chi connectivity index (χ3v) is 4.42. The lowest BCUT2D eigenvalue weighted by molar-refractivity contribution is -0.119. The zero-order valence-electron chi connectivity index (χ0n) is 9.94. The normalized spacial score (nSPS) is 16.6. The van der Waals surface area contributed by atoms with E-state index in [9.17, 15) is 4.79 Å². The van der Waals surface area contributed by atoms with Gasteiger partial charge >= 0.3 is 0 Å². The van der Waals surface area contributed by atoms with Crippen LogP contribution < -0.4 is 4.90 Å². The number of piperidine rings is 1. The molecule has 1 aliphatic heterocycles. The quantitative estimate of drug-likeness (QED) is 0.754. The summed E-state index contributed by atoms with van der Waals surface area (Å²) >= 11 is 7.62. The van der Waals surface area contributed by atoms with Crippen LogP contribution in [0.1, 0.15) is 18.4 Å². The van der Waals surface area contributed by atoms with Crippen molar-refractivity contribution in [2.24, 2.45) is 0 Å². The van der Waals surface area contributed by atoms with E-state index in [4.69, 9.17) is 11.6 Å². The summed E-state index contributed by atoms with van der Waals surface area (Å²) < 4.78 is 1.06. The number of hydrogen-bond acceptors (Lipinski definition) is 5. The van der Waals surface area contributed by atoms with Crippen molar-refractivity contribution < 1.29 is 4.79 Å². The van der Waals surface area contributed by atoms with Crippen molar-refractivity contribution in [2.45, 2.75) is 19.8 Å². The standard InChI is InChI=1S/C12H12ClN3OS/c1-7-6-18-10-9(7)14-12(13)15-11(10)16-4-2-8(17)3-5-16/h6H,2-5H2,1H3. The molecular formula is C12H12ClN3OS. The Morgan fingerprint density at radius 3 is 2.78 bits per heavy atom. The van der Waals surface area contributed by atoms with Crippen LogP contribution in [-0.4, -0.2) is 28.8 Å². The van der Waals surface area contributed by atoms with Crippen LogP contribution in [0.5, 0.6) is 0 Å². The molecule has 0 saturated carbocycles. The number of carbonyl (C=O) groups is 1. The van der Waals surface area contributed by atoms with Crippen molar-refractivity contribution in [3.63, 3.8) is 0 Å². The molecule has 2 aromatic rings. The van der Waals surface area contributed by atoms with Crippen LogP contribution in [0.3, 0.4) is 0 Å². The summed E-state index contributed by atoms with van der Waals surface area (Å²) in [7, 11) is 0. The summed E-state index contributed by atoms with van der Waals surface area (Å²) in [4.78, 5) is 22.0. The van der Waals surface area contributed by atoms with E-state index in [0.717, 1.165) is 34.7 Å². The van der Waals surface area contributed by atoms with Crippen LogP contribution in [0.4, 0.5) is 5.82 Å². The first-order valence-electron chi connectivity index (χ1n) is 5.83. The summed E-state index contributed by atoms with van der Waals surface area (Å²) in [6.45, 7) is 3.46. The number of aryl methyl sites for hydroxylation is 1. The number of carbonyl (C=O) groups excluding carboxylic acids is 1. The maximum Gasteiger partial charge on any atom is 0.224 e. The number of ketones is 1. The van der Waals surface area contributed by atoms with Crippen molar-refractivity contribution in [2.75, 3.05) is 18.0 Å². The number of nitrogens with zero attached hydrogens (tertiary/aromatic N) is 3. The summed E-state index contributed by atoms with van der Waals surface area (Å²) in [6, 6.07) is 0. The Morgan fingerprint density at radius 2 is 2.06 bits per heavy atom. The number of fused-ring (bicyclic) bond motifs is 1. The van der Waals surface area contributed by atoms with Crippen LogP contribution in [-0.2, 0) is 4.79 Å². The Morgan fingerprint density at radius 1 is 1.33 bits per heavy atom. The first-order chi connectivity index (χ1) is 8.65. The lowest BCUT2D eigenvalue weighted by Gasteiger charge is -2.27. The van der Waals surface area contributed by atoms with Gasteiger partial charge in [-0.3, -0.25) is 4.79 Å². The summed E-state index contributed by atoms with van der Waals surface area (Å²) in [6.07, 6.45) is 1.18. The second-order valence-electron chi connectivity index (χ2n) is 4.44. The first-order valence-corrected chi connectivity index (χ1v) is 7.09. The van der Waals surface area contributed by atoms with Gasteiger partial charge in [0, 0.05) is 25.9 Å². The van der Waals surface area contributed by atoms with Crippen molar-refractivity contribution >= 4 is 44.8 Å². The molecule has 0 atom stereocenters. The molecule has 1 saturated heterocycles. The molecule has 1 fully saturated rings. The minimum atomic E-state index is 0.274. The van der Waals surface area contributed by atoms with Crippen molar-refractivity contribution in [3.8, 4) is 0 Å². The van der Waals surface area contributed by atoms with Gasteiger partial charge in [-0.25, -0.2) is 4.98 Å². The highest BCUT2D eigenvalue weighted by Gasteiger charge is 2.21. The number of aromatic nitrogens is 2. The molecule has 0 spiro atoms. The average molecular weight is 282 g/mol. The Labute approximate surface area is 114 Å². The minimum absolute atomic E-state index is 0.274. The highest BCUT2D eigenvalue weighted by molar-refractivity contribution is 7.18. The van der Waals surface area contributed by atoms with Crippen LogP contribution in [0.25, 0.3) is 10.2 Å². The van der Waals surface area contributed by atoms with Gasteiger partial charge in [0.1, 0.15) is 5.78 Å². The Hall–Kier alpha value is -1.20. The Kier molecular flexibility index (Phi) is 2.95. The predicted molar refractivity (Wildman–Crippen MR) is 73.6 cm³/mol. The monoisotopic (exact) mass is 281 g/mol. The molecule has 0 unspecified atom stereocenters. The van der Waals surface area contributed by atoms with Gasteiger partial charge in [0.05, 0.1) is 10.2 Å². The lowest BCUT2D eigenvalue weighted by atomic mass is 10.1. The van der Waals surface area contributed by atoms with Gasteiger partial charge in [-0.15, -0.1) is 11.3 Å². The van der Waals surface area contributed by atoms with Crippen molar-refractivity contribution in [1.82, 2.24) is 9.97 Å². The molecule has 3 heterocycles. The fraction of sp³-hybridized carbons (Fsp3) is 0.417. The molecule has 0 aliphatic carbocycles. The second kappa shape index (κ2) is 4.48. The molecule has 0 N–H and O–H groups in total. The number of halogens is 1. The number of anilines is 1. The molecule has 1 aliphatic rings. The highest BCUT2D eigenvalue weighted by Crippen LogP contribution is 2.33. The zero-order chi connectivity index (χ0) is 12.7. The van der Waals surface area contributed by atoms with E-state index in [-0.39, 0.29) is 5.28 Å². The lowest BCUT2D eigenvalue weighted by Crippen LogP contribution is -2.34. The second-order valence-corrected chi connectivity index (χ2v) is 5.66. The number of rotatable bonds is 1. The maximum absolute atomic E-state index is 11.3. The fourth-order valence-electron chi connectivity index (χ4n) is 2.17. The van der Waals surface area contributed by atoms with E-state index in [1.165, 1.54) is 0 Å². The molecule has 2 aromatic heterocycles. The summed E-state index contributed by atoms with van der Waals surface area (Å²) in [5.74, 6) is 1.20. The summed E-state index contributed by atoms with van der Waals surface area (Å²) in [5, 5.41) is 2.34. The highest BCUT2D eigenvalue weighted by atomic mass is 35.5. The van der Waals surface area contributed by atoms with Crippen LogP contribution in [0.2, 0.25) is 5.28 Å². The number of thiophene rings is 1. The van der Waals surface area contributed by atoms with Crippen LogP contribution >= 0.6 is 22.9 Å². The first kappa shape index (κ1) is 11.9. The van der Waals surface area contributed by atoms with E-state index < -0.39 is 0 Å². The topological polar surface area (TPSA) is 46.1 Å². The molecule has 0 radical (unpaired) electrons. The third kappa shape index (κ3) is 1.97.